The summed E-state index contributed by atoms with van der Waals surface area (Å²) in [5.74, 6) is 0.637. The third-order valence-corrected chi connectivity index (χ3v) is 4.97. The minimum Gasteiger partial charge on any atom is -0.474 e. The van der Waals surface area contributed by atoms with Crippen LogP contribution in [-0.4, -0.2) is 22.1 Å². The summed E-state index contributed by atoms with van der Waals surface area (Å²) in [7, 11) is 0. The van der Waals surface area contributed by atoms with Crippen LogP contribution in [0.4, 0.5) is 4.79 Å². The third kappa shape index (κ3) is 4.67. The molecule has 0 spiro atoms. The van der Waals surface area contributed by atoms with Crippen molar-refractivity contribution >= 4 is 17.4 Å². The van der Waals surface area contributed by atoms with Crippen molar-refractivity contribution in [3.63, 3.8) is 0 Å². The molecule has 3 rings (SSSR count). The lowest BCUT2D eigenvalue weighted by atomic mass is 10.2. The van der Waals surface area contributed by atoms with E-state index in [4.69, 9.17) is 4.74 Å². The van der Waals surface area contributed by atoms with Crippen LogP contribution in [0.5, 0.6) is 5.88 Å². The maximum absolute atomic E-state index is 12.0. The van der Waals surface area contributed by atoms with E-state index >= 15 is 0 Å². The monoisotopic (exact) mass is 346 g/mol. The normalized spacial score (nSPS) is 15.9. The fraction of sp³-hybridized carbons (Fsp3) is 0.471. The zero-order chi connectivity index (χ0) is 16.8. The van der Waals surface area contributed by atoms with Crippen molar-refractivity contribution in [3.05, 3.63) is 40.5 Å². The van der Waals surface area contributed by atoms with Crippen LogP contribution in [0.3, 0.4) is 0 Å². The van der Waals surface area contributed by atoms with E-state index < -0.39 is 0 Å². The Hall–Kier alpha value is -2.15. The van der Waals surface area contributed by atoms with Crippen LogP contribution in [-0.2, 0) is 6.54 Å². The molecule has 2 heterocycles. The molecule has 1 fully saturated rings. The number of amides is 2. The third-order valence-electron chi connectivity index (χ3n) is 4.01. The second-order valence-electron chi connectivity index (χ2n) is 5.95. The number of carbonyl (C=O) groups excluding carboxylic acids is 1. The van der Waals surface area contributed by atoms with Gasteiger partial charge in [-0.3, -0.25) is 0 Å². The van der Waals surface area contributed by atoms with Crippen LogP contribution >= 0.6 is 11.3 Å². The minimum absolute atomic E-state index is 0.108. The van der Waals surface area contributed by atoms with Gasteiger partial charge in [-0.05, 0) is 44.2 Å². The molecule has 0 saturated heterocycles. The fourth-order valence-corrected chi connectivity index (χ4v) is 3.39. The molecule has 1 aliphatic rings. The quantitative estimate of drug-likeness (QED) is 0.840. The summed E-state index contributed by atoms with van der Waals surface area (Å²) in [6, 6.07) is 3.45. The lowest BCUT2D eigenvalue weighted by molar-refractivity contribution is 0.201. The Bertz CT molecular complexity index is 656. The summed E-state index contributed by atoms with van der Waals surface area (Å²) in [4.78, 5) is 20.4. The first kappa shape index (κ1) is 16.7. The number of thiazole rings is 1. The van der Waals surface area contributed by atoms with Gasteiger partial charge in [0, 0.05) is 30.4 Å². The number of urea groups is 1. The highest BCUT2D eigenvalue weighted by atomic mass is 32.1. The smallest absolute Gasteiger partial charge is 0.315 e. The summed E-state index contributed by atoms with van der Waals surface area (Å²) in [6.07, 6.45) is 8.38. The highest BCUT2D eigenvalue weighted by Crippen LogP contribution is 2.23. The number of nitrogens with zero attached hydrogens (tertiary/aromatic N) is 2. The molecular weight excluding hydrogens is 324 g/mol. The number of rotatable bonds is 6. The number of hydrogen-bond donors (Lipinski definition) is 2. The number of ether oxygens (including phenoxy) is 1. The Balaban J connectivity index is 1.48. The topological polar surface area (TPSA) is 76.1 Å². The molecule has 7 heteroatoms. The van der Waals surface area contributed by atoms with E-state index in [2.05, 4.69) is 20.6 Å². The van der Waals surface area contributed by atoms with E-state index in [0.717, 1.165) is 23.4 Å². The van der Waals surface area contributed by atoms with Crippen molar-refractivity contribution in [1.82, 2.24) is 20.6 Å². The second kappa shape index (κ2) is 8.10. The molecule has 2 aromatic rings. The first-order valence-electron chi connectivity index (χ1n) is 8.26. The zero-order valence-electron chi connectivity index (χ0n) is 13.7. The number of nitrogens with one attached hydrogen (secondary N) is 2. The summed E-state index contributed by atoms with van der Waals surface area (Å²) in [5, 5.41) is 8.52. The van der Waals surface area contributed by atoms with Crippen molar-refractivity contribution in [2.24, 2.45) is 0 Å². The summed E-state index contributed by atoms with van der Waals surface area (Å²) >= 11 is 1.53. The minimum atomic E-state index is -0.215. The zero-order valence-corrected chi connectivity index (χ0v) is 14.5. The maximum Gasteiger partial charge on any atom is 0.315 e. The molecule has 2 amide bonds. The van der Waals surface area contributed by atoms with Gasteiger partial charge in [-0.15, -0.1) is 11.3 Å². The van der Waals surface area contributed by atoms with Gasteiger partial charge in [-0.2, -0.15) is 0 Å². The van der Waals surface area contributed by atoms with Crippen LogP contribution in [0.15, 0.2) is 29.9 Å². The lowest BCUT2D eigenvalue weighted by Crippen LogP contribution is -2.36. The van der Waals surface area contributed by atoms with Crippen molar-refractivity contribution < 1.29 is 9.53 Å². The number of carbonyl (C=O) groups is 1. The molecule has 1 atom stereocenters. The van der Waals surface area contributed by atoms with Gasteiger partial charge >= 0.3 is 6.03 Å². The highest BCUT2D eigenvalue weighted by Gasteiger charge is 2.17. The first-order valence-corrected chi connectivity index (χ1v) is 9.14. The summed E-state index contributed by atoms with van der Waals surface area (Å²) in [6.45, 7) is 2.35. The van der Waals surface area contributed by atoms with E-state index in [1.807, 2.05) is 24.4 Å². The second-order valence-corrected chi connectivity index (χ2v) is 6.87. The Kier molecular flexibility index (Phi) is 5.63. The van der Waals surface area contributed by atoms with E-state index in [1.54, 1.807) is 12.4 Å². The van der Waals surface area contributed by atoms with E-state index in [0.29, 0.717) is 12.4 Å². The lowest BCUT2D eigenvalue weighted by Gasteiger charge is -2.14. The van der Waals surface area contributed by atoms with Gasteiger partial charge in [0.15, 0.2) is 0 Å². The van der Waals surface area contributed by atoms with Crippen LogP contribution in [0.2, 0.25) is 0 Å². The van der Waals surface area contributed by atoms with Gasteiger partial charge in [-0.25, -0.2) is 14.8 Å². The number of aromatic nitrogens is 2. The molecule has 0 aliphatic heterocycles. The summed E-state index contributed by atoms with van der Waals surface area (Å²) in [5.41, 5.74) is 0.968. The number of hydrogen-bond acceptors (Lipinski definition) is 5. The standard InChI is InChI=1S/C17H22N4O2S/c1-12(16-19-8-9-24-16)21-17(22)20-11-13-6-7-18-15(10-13)23-14-4-2-3-5-14/h6-10,12,14H,2-5,11H2,1H3,(H2,20,21,22). The van der Waals surface area contributed by atoms with Crippen molar-refractivity contribution in [1.29, 1.82) is 0 Å². The largest absolute Gasteiger partial charge is 0.474 e. The van der Waals surface area contributed by atoms with Crippen molar-refractivity contribution in [2.75, 3.05) is 0 Å². The Morgan fingerprint density at radius 3 is 2.96 bits per heavy atom. The summed E-state index contributed by atoms with van der Waals surface area (Å²) < 4.78 is 5.89. The Morgan fingerprint density at radius 1 is 1.38 bits per heavy atom. The molecule has 128 valence electrons. The van der Waals surface area contributed by atoms with Crippen LogP contribution < -0.4 is 15.4 Å². The molecule has 6 nitrogen and oxygen atoms in total. The van der Waals surface area contributed by atoms with Crippen molar-refractivity contribution in [3.8, 4) is 5.88 Å². The molecule has 2 aromatic heterocycles. The average Bonchev–Trinajstić information content (AvgIpc) is 3.27. The molecule has 0 aromatic carbocycles. The molecule has 0 bridgehead atoms. The number of pyridine rings is 1. The highest BCUT2D eigenvalue weighted by molar-refractivity contribution is 7.09. The predicted octanol–water partition coefficient (Wildman–Crippen LogP) is 3.42. The molecule has 1 unspecified atom stereocenters. The van der Waals surface area contributed by atoms with Crippen LogP contribution in [0, 0.1) is 0 Å². The van der Waals surface area contributed by atoms with Gasteiger partial charge in [0.2, 0.25) is 5.88 Å². The average molecular weight is 346 g/mol. The van der Waals surface area contributed by atoms with E-state index in [-0.39, 0.29) is 18.2 Å². The van der Waals surface area contributed by atoms with Gasteiger partial charge in [0.25, 0.3) is 0 Å². The van der Waals surface area contributed by atoms with E-state index in [1.165, 1.54) is 24.2 Å². The van der Waals surface area contributed by atoms with E-state index in [9.17, 15) is 4.79 Å². The molecule has 2 N–H and O–H groups in total. The van der Waals surface area contributed by atoms with Gasteiger partial charge < -0.3 is 15.4 Å². The van der Waals surface area contributed by atoms with Crippen molar-refractivity contribution in [2.45, 2.75) is 51.3 Å². The Morgan fingerprint density at radius 2 is 2.21 bits per heavy atom. The van der Waals surface area contributed by atoms with Gasteiger partial charge in [-0.1, -0.05) is 0 Å². The Labute approximate surface area is 145 Å². The first-order chi connectivity index (χ1) is 11.7. The molecule has 0 radical (unpaired) electrons. The van der Waals surface area contributed by atoms with Gasteiger partial charge in [0.05, 0.1) is 6.04 Å². The van der Waals surface area contributed by atoms with Gasteiger partial charge in [0.1, 0.15) is 11.1 Å². The molecule has 24 heavy (non-hydrogen) atoms. The molecular formula is C17H22N4O2S. The van der Waals surface area contributed by atoms with Crippen LogP contribution in [0.1, 0.15) is 49.2 Å². The molecule has 1 saturated carbocycles. The molecule has 1 aliphatic carbocycles. The predicted molar refractivity (Wildman–Crippen MR) is 93.0 cm³/mol. The SMILES string of the molecule is CC(NC(=O)NCc1ccnc(OC2CCCC2)c1)c1nccs1. The maximum atomic E-state index is 12.0. The van der Waals surface area contributed by atoms with Crippen LogP contribution in [0.25, 0.3) is 0 Å². The fourth-order valence-electron chi connectivity index (χ4n) is 2.74.